The summed E-state index contributed by atoms with van der Waals surface area (Å²) in [6.07, 6.45) is 0. The highest BCUT2D eigenvalue weighted by molar-refractivity contribution is 9.25. The lowest BCUT2D eigenvalue weighted by molar-refractivity contribution is 0.0584. The van der Waals surface area contributed by atoms with Crippen LogP contribution >= 0.6 is 71.3 Å². The fourth-order valence-corrected chi connectivity index (χ4v) is 4.23. The van der Waals surface area contributed by atoms with Gasteiger partial charge in [-0.3, -0.25) is 9.09 Å². The average molecular weight is 512 g/mol. The van der Waals surface area contributed by atoms with E-state index in [1.165, 1.54) is 0 Å². The van der Waals surface area contributed by atoms with Crippen molar-refractivity contribution in [1.82, 2.24) is 0 Å². The van der Waals surface area contributed by atoms with Crippen LogP contribution in [0.5, 0.6) is 0 Å². The summed E-state index contributed by atoms with van der Waals surface area (Å²) in [6, 6.07) is 0. The molecule has 9 heteroatoms. The minimum atomic E-state index is -3.85. The first-order valence-electron chi connectivity index (χ1n) is 4.22. The molecule has 0 heterocycles. The Morgan fingerprint density at radius 1 is 1.44 bits per heavy atom. The molecule has 0 saturated heterocycles. The smallest absolute Gasteiger partial charge is 0.344 e. The minimum Gasteiger partial charge on any atom is -0.396 e. The molecule has 4 nitrogen and oxygen atoms in total. The van der Waals surface area contributed by atoms with Crippen molar-refractivity contribution in [3.8, 4) is 0 Å². The summed E-state index contributed by atoms with van der Waals surface area (Å²) in [5, 5.41) is 9.46. The molecule has 0 aliphatic heterocycles. The van der Waals surface area contributed by atoms with Crippen LogP contribution in [0.1, 0.15) is 13.8 Å². The average Bonchev–Trinajstić information content (AvgIpc) is 2.14. The van der Waals surface area contributed by atoms with Gasteiger partial charge in [-0.15, -0.1) is 0 Å². The van der Waals surface area contributed by atoms with Gasteiger partial charge in [0.2, 0.25) is 0 Å². The molecule has 0 aromatic rings. The molecule has 0 amide bonds. The number of aliphatic hydroxyl groups excluding tert-OH is 1. The van der Waals surface area contributed by atoms with Crippen LogP contribution in [-0.4, -0.2) is 29.9 Å². The first-order valence-corrected chi connectivity index (χ1v) is 9.49. The second-order valence-electron chi connectivity index (χ2n) is 3.80. The van der Waals surface area contributed by atoms with Crippen LogP contribution in [0, 0.1) is 5.41 Å². The van der Waals surface area contributed by atoms with Gasteiger partial charge in [0, 0.05) is 10.7 Å². The molecule has 0 aromatic carbocycles. The van der Waals surface area contributed by atoms with E-state index < -0.39 is 21.0 Å². The van der Waals surface area contributed by atoms with Crippen LogP contribution in [0.4, 0.5) is 0 Å². The van der Waals surface area contributed by atoms with Gasteiger partial charge in [0.05, 0.1) is 6.61 Å². The highest BCUT2D eigenvalue weighted by atomic mass is 79.9. The van der Waals surface area contributed by atoms with Gasteiger partial charge in [-0.25, -0.2) is 0 Å². The van der Waals surface area contributed by atoms with Gasteiger partial charge in [-0.05, 0) is 31.9 Å². The number of rotatable bonds is 6. The van der Waals surface area contributed by atoms with Crippen molar-refractivity contribution in [2.24, 2.45) is 5.41 Å². The van der Waals surface area contributed by atoms with Gasteiger partial charge in [0.25, 0.3) is 0 Å². The Bertz CT molecular complexity index is 284. The van der Waals surface area contributed by atoms with E-state index in [1.807, 2.05) is 0 Å². The number of hydrogen-bond acceptors (Lipinski definition) is 3. The molecule has 98 valence electrons. The summed E-state index contributed by atoms with van der Waals surface area (Å²) in [4.78, 5) is 9.69. The summed E-state index contributed by atoms with van der Waals surface area (Å²) in [7, 11) is -3.85. The van der Waals surface area contributed by atoms with Crippen LogP contribution in [0.3, 0.4) is 0 Å². The summed E-state index contributed by atoms with van der Waals surface area (Å²) in [5.74, 6) is 0. The zero-order valence-corrected chi connectivity index (χ0v) is 15.9. The van der Waals surface area contributed by atoms with Crippen molar-refractivity contribution >= 4 is 71.3 Å². The van der Waals surface area contributed by atoms with Crippen molar-refractivity contribution in [2.75, 3.05) is 11.9 Å². The second kappa shape index (κ2) is 6.46. The molecule has 2 atom stereocenters. The van der Waals surface area contributed by atoms with Gasteiger partial charge in [0.15, 0.2) is 3.42 Å². The number of halogens is 4. The Labute approximate surface area is 129 Å². The Balaban J connectivity index is 4.91. The van der Waals surface area contributed by atoms with E-state index in [0.29, 0.717) is 0 Å². The van der Waals surface area contributed by atoms with E-state index in [9.17, 15) is 14.6 Å². The highest BCUT2D eigenvalue weighted by Gasteiger charge is 2.48. The molecule has 0 saturated carbocycles. The molecule has 0 aliphatic carbocycles. The van der Waals surface area contributed by atoms with E-state index in [2.05, 4.69) is 63.7 Å². The lowest BCUT2D eigenvalue weighted by Crippen LogP contribution is -2.38. The molecule has 2 unspecified atom stereocenters. The van der Waals surface area contributed by atoms with Gasteiger partial charge in [-0.1, -0.05) is 45.7 Å². The second-order valence-corrected chi connectivity index (χ2v) is 11.5. The zero-order valence-electron chi connectivity index (χ0n) is 8.66. The third kappa shape index (κ3) is 4.61. The van der Waals surface area contributed by atoms with Crippen molar-refractivity contribution in [1.29, 1.82) is 0 Å². The van der Waals surface area contributed by atoms with Crippen LogP contribution in [0.2, 0.25) is 0 Å². The molecule has 0 fully saturated rings. The quantitative estimate of drug-likeness (QED) is 0.421. The Morgan fingerprint density at radius 2 is 1.88 bits per heavy atom. The van der Waals surface area contributed by atoms with Crippen molar-refractivity contribution in [3.63, 3.8) is 0 Å². The maximum atomic E-state index is 11.8. The zero-order chi connectivity index (χ0) is 13.2. The van der Waals surface area contributed by atoms with E-state index in [0.717, 1.165) is 0 Å². The summed E-state index contributed by atoms with van der Waals surface area (Å²) in [6.45, 7) is 3.16. The monoisotopic (exact) mass is 508 g/mol. The number of aliphatic hydroxyl groups is 1. The number of hydrogen-bond donors (Lipinski definition) is 2. The lowest BCUT2D eigenvalue weighted by atomic mass is 9.96. The lowest BCUT2D eigenvalue weighted by Gasteiger charge is -2.37. The molecule has 2 N–H and O–H groups in total. The predicted molar refractivity (Wildman–Crippen MR) is 78.9 cm³/mol. The van der Waals surface area contributed by atoms with Gasteiger partial charge < -0.3 is 10.00 Å². The summed E-state index contributed by atoms with van der Waals surface area (Å²) in [5.41, 5.74) is -0.773. The van der Waals surface area contributed by atoms with Crippen molar-refractivity contribution in [3.05, 3.63) is 0 Å². The van der Waals surface area contributed by atoms with Crippen molar-refractivity contribution < 1.29 is 19.1 Å². The maximum Gasteiger partial charge on any atom is 0.344 e. The molecule has 0 aliphatic rings. The van der Waals surface area contributed by atoms with Crippen LogP contribution in [0.25, 0.3) is 0 Å². The fourth-order valence-electron chi connectivity index (χ4n) is 0.524. The largest absolute Gasteiger partial charge is 0.396 e. The topological polar surface area (TPSA) is 66.8 Å². The van der Waals surface area contributed by atoms with Crippen molar-refractivity contribution in [2.45, 2.75) is 21.8 Å². The first-order chi connectivity index (χ1) is 7.00. The minimum absolute atomic E-state index is 0.217. The van der Waals surface area contributed by atoms with E-state index >= 15 is 0 Å². The summed E-state index contributed by atoms with van der Waals surface area (Å²) >= 11 is 12.5. The molecule has 0 radical (unpaired) electrons. The normalized spacial score (nSPS) is 19.2. The van der Waals surface area contributed by atoms with E-state index in [-0.39, 0.29) is 11.9 Å². The molecular weight excluding hydrogens is 499 g/mol. The Morgan fingerprint density at radius 3 is 2.19 bits per heavy atom. The maximum absolute atomic E-state index is 11.8. The molecule has 16 heavy (non-hydrogen) atoms. The van der Waals surface area contributed by atoms with Gasteiger partial charge in [-0.2, -0.15) is 0 Å². The Kier molecular flexibility index (Phi) is 7.28. The van der Waals surface area contributed by atoms with Gasteiger partial charge in [0.1, 0.15) is 4.57 Å². The fraction of sp³-hybridized carbons (Fsp3) is 1.00. The Hall–Kier alpha value is 2.03. The van der Waals surface area contributed by atoms with Crippen LogP contribution in [0.15, 0.2) is 0 Å². The number of alkyl halides is 4. The van der Waals surface area contributed by atoms with Crippen LogP contribution in [-0.2, 0) is 9.09 Å². The summed E-state index contributed by atoms with van der Waals surface area (Å²) < 4.78 is 15.0. The SMILES string of the molecule is CC(C)(CO)C(Br)(Br)OP(=O)(O)C(Br)CBr. The van der Waals surface area contributed by atoms with Gasteiger partial charge >= 0.3 is 7.60 Å². The molecule has 0 rings (SSSR count). The predicted octanol–water partition coefficient (Wildman–Crippen LogP) is 3.77. The molecular formula is C7H13Br4O4P. The third-order valence-electron chi connectivity index (χ3n) is 1.91. The first kappa shape index (κ1) is 18.0. The third-order valence-corrected chi connectivity index (χ3v) is 10.2. The molecule has 0 bridgehead atoms. The standard InChI is InChI=1S/C7H13Br4O4P/c1-6(2,4-12)7(10,11)15-16(13,14)5(9)3-8/h5,12H,3-4H2,1-2H3,(H,13,14). The van der Waals surface area contributed by atoms with E-state index in [4.69, 9.17) is 4.52 Å². The molecule has 0 aromatic heterocycles. The van der Waals surface area contributed by atoms with E-state index in [1.54, 1.807) is 13.8 Å². The van der Waals surface area contributed by atoms with Crippen LogP contribution < -0.4 is 0 Å². The molecule has 0 spiro atoms. The highest BCUT2D eigenvalue weighted by Crippen LogP contribution is 2.60.